The van der Waals surface area contributed by atoms with Gasteiger partial charge in [0.2, 0.25) is 0 Å². The highest BCUT2D eigenvalue weighted by Gasteiger charge is 2.13. The summed E-state index contributed by atoms with van der Waals surface area (Å²) in [5.74, 6) is 0. The summed E-state index contributed by atoms with van der Waals surface area (Å²) >= 11 is 0. The van der Waals surface area contributed by atoms with Gasteiger partial charge in [-0.25, -0.2) is 0 Å². The third kappa shape index (κ3) is 2.99. The van der Waals surface area contributed by atoms with E-state index in [-0.39, 0.29) is 5.41 Å². The van der Waals surface area contributed by atoms with Crippen molar-refractivity contribution in [1.82, 2.24) is 0 Å². The van der Waals surface area contributed by atoms with Crippen molar-refractivity contribution >= 4 is 11.4 Å². The maximum absolute atomic E-state index is 4.45. The van der Waals surface area contributed by atoms with Crippen molar-refractivity contribution in [3.8, 4) is 0 Å². The summed E-state index contributed by atoms with van der Waals surface area (Å²) in [6.07, 6.45) is 0. The Morgan fingerprint density at radius 3 is 2.29 bits per heavy atom. The second-order valence-electron chi connectivity index (χ2n) is 4.86. The lowest BCUT2D eigenvalue weighted by Gasteiger charge is -2.19. The lowest BCUT2D eigenvalue weighted by atomic mass is 9.87. The molecule has 1 nitrogen and oxygen atoms in total. The van der Waals surface area contributed by atoms with Crippen LogP contribution in [0.2, 0.25) is 0 Å². The molecule has 0 aromatic heterocycles. The lowest BCUT2D eigenvalue weighted by molar-refractivity contribution is 0.590. The summed E-state index contributed by atoms with van der Waals surface area (Å²) in [5, 5.41) is 0. The van der Waals surface area contributed by atoms with Gasteiger partial charge in [0.25, 0.3) is 0 Å². The van der Waals surface area contributed by atoms with Crippen molar-refractivity contribution in [2.75, 3.05) is 0 Å². The third-order valence-corrected chi connectivity index (χ3v) is 2.06. The highest BCUT2D eigenvalue weighted by atomic mass is 14.7. The van der Waals surface area contributed by atoms with Gasteiger partial charge < -0.3 is 0 Å². The maximum atomic E-state index is 4.45. The molecule has 0 heterocycles. The molecule has 0 fully saturated rings. The fourth-order valence-electron chi connectivity index (χ4n) is 1.30. The highest BCUT2D eigenvalue weighted by Crippen LogP contribution is 2.25. The highest BCUT2D eigenvalue weighted by molar-refractivity contribution is 5.82. The van der Waals surface area contributed by atoms with Crippen LogP contribution in [0, 0.1) is 0 Å². The van der Waals surface area contributed by atoms with Gasteiger partial charge in [-0.15, -0.1) is 0 Å². The fraction of sp³-hybridized carbons (Fsp3) is 0.462. The second kappa shape index (κ2) is 3.95. The molecule has 0 aliphatic carbocycles. The molecule has 0 saturated heterocycles. The normalized spacial score (nSPS) is 11.2. The molecule has 0 spiro atoms. The van der Waals surface area contributed by atoms with Crippen LogP contribution in [0.1, 0.15) is 40.2 Å². The summed E-state index contributed by atoms with van der Waals surface area (Å²) < 4.78 is 0. The Hall–Kier alpha value is -1.11. The summed E-state index contributed by atoms with van der Waals surface area (Å²) in [5.41, 5.74) is 3.68. The second-order valence-corrected chi connectivity index (χ2v) is 4.86. The molecular weight excluding hydrogens is 170 g/mol. The number of rotatable bonds is 1. The van der Waals surface area contributed by atoms with Gasteiger partial charge in [-0.1, -0.05) is 32.9 Å². The summed E-state index contributed by atoms with van der Waals surface area (Å²) in [4.78, 5) is 4.45. The topological polar surface area (TPSA) is 12.4 Å². The van der Waals surface area contributed by atoms with Crippen LogP contribution in [0.5, 0.6) is 0 Å². The fourth-order valence-corrected chi connectivity index (χ4v) is 1.30. The van der Waals surface area contributed by atoms with E-state index in [9.17, 15) is 0 Å². The number of benzene rings is 1. The largest absolute Gasteiger partial charge is 0.258 e. The number of nitrogens with zero attached hydrogens (tertiary/aromatic N) is 1. The minimum absolute atomic E-state index is 0.202. The lowest BCUT2D eigenvalue weighted by Crippen LogP contribution is -2.10. The van der Waals surface area contributed by atoms with Gasteiger partial charge in [0, 0.05) is 5.71 Å². The average Bonchev–Trinajstić information content (AvgIpc) is 2.01. The molecule has 14 heavy (non-hydrogen) atoms. The Bertz CT molecular complexity index is 338. The van der Waals surface area contributed by atoms with Crippen LogP contribution in [0.3, 0.4) is 0 Å². The predicted octanol–water partition coefficient (Wildman–Crippen LogP) is 4.10. The van der Waals surface area contributed by atoms with Crippen LogP contribution >= 0.6 is 0 Å². The molecule has 1 aromatic carbocycles. The maximum Gasteiger partial charge on any atom is 0.0631 e. The van der Waals surface area contributed by atoms with Crippen molar-refractivity contribution in [1.29, 1.82) is 0 Å². The molecule has 0 unspecified atom stereocenters. The summed E-state index contributed by atoms with van der Waals surface area (Å²) in [6.45, 7) is 10.7. The van der Waals surface area contributed by atoms with Gasteiger partial charge in [-0.3, -0.25) is 4.99 Å². The van der Waals surface area contributed by atoms with Crippen LogP contribution in [0.25, 0.3) is 0 Å². The van der Waals surface area contributed by atoms with Gasteiger partial charge in [-0.05, 0) is 37.0 Å². The number of hydrogen-bond donors (Lipinski definition) is 0. The molecule has 0 amide bonds. The molecule has 0 aliphatic rings. The first kappa shape index (κ1) is 11.0. The van der Waals surface area contributed by atoms with Crippen molar-refractivity contribution in [2.45, 2.75) is 40.0 Å². The molecular formula is C13H19N. The summed E-state index contributed by atoms with van der Waals surface area (Å²) in [6, 6.07) is 8.43. The van der Waals surface area contributed by atoms with Gasteiger partial charge >= 0.3 is 0 Å². The van der Waals surface area contributed by atoms with E-state index in [0.29, 0.717) is 0 Å². The number of aliphatic imine (C=N–C) groups is 1. The van der Waals surface area contributed by atoms with E-state index < -0.39 is 0 Å². The van der Waals surface area contributed by atoms with Crippen molar-refractivity contribution < 1.29 is 0 Å². The minimum atomic E-state index is 0.202. The van der Waals surface area contributed by atoms with Crippen molar-refractivity contribution in [3.05, 3.63) is 29.8 Å². The average molecular weight is 189 g/mol. The van der Waals surface area contributed by atoms with E-state index in [1.54, 1.807) is 0 Å². The smallest absolute Gasteiger partial charge is 0.0631 e. The molecule has 1 rings (SSSR count). The minimum Gasteiger partial charge on any atom is -0.258 e. The Balaban J connectivity index is 3.08. The zero-order valence-corrected chi connectivity index (χ0v) is 9.76. The quantitative estimate of drug-likeness (QED) is 0.590. The van der Waals surface area contributed by atoms with Crippen LogP contribution in [-0.4, -0.2) is 5.71 Å². The van der Waals surface area contributed by atoms with E-state index in [1.807, 2.05) is 19.9 Å². The first-order valence-corrected chi connectivity index (χ1v) is 5.02. The number of hydrogen-bond acceptors (Lipinski definition) is 1. The van der Waals surface area contributed by atoms with Gasteiger partial charge in [-0.2, -0.15) is 0 Å². The van der Waals surface area contributed by atoms with Gasteiger partial charge in [0.1, 0.15) is 0 Å². The summed E-state index contributed by atoms with van der Waals surface area (Å²) in [7, 11) is 0. The van der Waals surface area contributed by atoms with Crippen LogP contribution < -0.4 is 0 Å². The van der Waals surface area contributed by atoms with E-state index in [0.717, 1.165) is 11.4 Å². The first-order valence-electron chi connectivity index (χ1n) is 5.02. The van der Waals surface area contributed by atoms with Crippen LogP contribution in [0.15, 0.2) is 29.3 Å². The predicted molar refractivity (Wildman–Crippen MR) is 63.6 cm³/mol. The van der Waals surface area contributed by atoms with Crippen molar-refractivity contribution in [3.63, 3.8) is 0 Å². The van der Waals surface area contributed by atoms with Crippen molar-refractivity contribution in [2.24, 2.45) is 4.99 Å². The standard InChI is InChI=1S/C13H19N/c1-10(2)14-12-8-6-7-11(9-12)13(3,4)5/h6-9H,1-5H3. The Morgan fingerprint density at radius 1 is 1.14 bits per heavy atom. The van der Waals surface area contributed by atoms with E-state index in [4.69, 9.17) is 0 Å². The van der Waals surface area contributed by atoms with E-state index in [2.05, 4.69) is 44.0 Å². The molecule has 0 saturated carbocycles. The monoisotopic (exact) mass is 189 g/mol. The first-order chi connectivity index (χ1) is 6.39. The van der Waals surface area contributed by atoms with Crippen LogP contribution in [0.4, 0.5) is 5.69 Å². The molecule has 0 N–H and O–H groups in total. The van der Waals surface area contributed by atoms with Gasteiger partial charge in [0.15, 0.2) is 0 Å². The molecule has 0 radical (unpaired) electrons. The van der Waals surface area contributed by atoms with E-state index >= 15 is 0 Å². The third-order valence-electron chi connectivity index (χ3n) is 2.06. The molecule has 76 valence electrons. The molecule has 0 bridgehead atoms. The molecule has 0 atom stereocenters. The van der Waals surface area contributed by atoms with E-state index in [1.165, 1.54) is 5.56 Å². The Morgan fingerprint density at radius 2 is 1.79 bits per heavy atom. The Labute approximate surface area is 86.9 Å². The molecule has 0 aliphatic heterocycles. The molecule has 1 heteroatoms. The van der Waals surface area contributed by atoms with Gasteiger partial charge in [0.05, 0.1) is 5.69 Å². The molecule has 1 aromatic rings. The Kier molecular flexibility index (Phi) is 3.10. The zero-order valence-electron chi connectivity index (χ0n) is 9.76. The SMILES string of the molecule is CC(C)=Nc1cccc(C(C)(C)C)c1. The zero-order chi connectivity index (χ0) is 10.8. The van der Waals surface area contributed by atoms with Crippen LogP contribution in [-0.2, 0) is 5.41 Å².